The van der Waals surface area contributed by atoms with Crippen LogP contribution in [0.4, 0.5) is 23.2 Å². The summed E-state index contributed by atoms with van der Waals surface area (Å²) in [5.41, 5.74) is 0.202. The minimum absolute atomic E-state index is 0.0161. The summed E-state index contributed by atoms with van der Waals surface area (Å²) < 4.78 is 52.1. The monoisotopic (exact) mass is 285 g/mol. The zero-order chi connectivity index (χ0) is 14.9. The highest BCUT2D eigenvalue weighted by molar-refractivity contribution is 5.48. The van der Waals surface area contributed by atoms with Crippen LogP contribution in [0.1, 0.15) is 18.5 Å². The van der Waals surface area contributed by atoms with Gasteiger partial charge in [-0.25, -0.2) is 17.6 Å². The first-order valence-electron chi connectivity index (χ1n) is 5.78. The molecule has 2 aromatic carbocycles. The van der Waals surface area contributed by atoms with Crippen LogP contribution in [-0.4, -0.2) is 5.11 Å². The van der Waals surface area contributed by atoms with Gasteiger partial charge >= 0.3 is 0 Å². The number of hydrogen-bond donors (Lipinski definition) is 2. The third-order valence-electron chi connectivity index (χ3n) is 2.82. The van der Waals surface area contributed by atoms with Crippen LogP contribution in [-0.2, 0) is 0 Å². The van der Waals surface area contributed by atoms with Crippen LogP contribution >= 0.6 is 0 Å². The SMILES string of the molecule is CC(Nc1cc(F)c(F)c(F)c1)c1cc(F)ccc1O. The van der Waals surface area contributed by atoms with Gasteiger partial charge in [-0.05, 0) is 25.1 Å². The van der Waals surface area contributed by atoms with Crippen molar-refractivity contribution in [3.05, 3.63) is 59.2 Å². The highest BCUT2D eigenvalue weighted by atomic mass is 19.2. The summed E-state index contributed by atoms with van der Waals surface area (Å²) in [6, 6.07) is 4.30. The lowest BCUT2D eigenvalue weighted by Gasteiger charge is -2.17. The number of aromatic hydroxyl groups is 1. The van der Waals surface area contributed by atoms with Gasteiger partial charge in [-0.3, -0.25) is 0 Å². The Kier molecular flexibility index (Phi) is 3.83. The van der Waals surface area contributed by atoms with Crippen LogP contribution in [0.3, 0.4) is 0 Å². The second-order valence-electron chi connectivity index (χ2n) is 4.32. The summed E-state index contributed by atoms with van der Waals surface area (Å²) in [6.45, 7) is 1.56. The van der Waals surface area contributed by atoms with Gasteiger partial charge in [-0.1, -0.05) is 0 Å². The van der Waals surface area contributed by atoms with Crippen molar-refractivity contribution in [3.63, 3.8) is 0 Å². The number of benzene rings is 2. The molecule has 20 heavy (non-hydrogen) atoms. The van der Waals surface area contributed by atoms with E-state index in [9.17, 15) is 22.7 Å². The maximum absolute atomic E-state index is 13.1. The maximum Gasteiger partial charge on any atom is 0.194 e. The molecule has 0 aromatic heterocycles. The van der Waals surface area contributed by atoms with Gasteiger partial charge in [-0.2, -0.15) is 0 Å². The van der Waals surface area contributed by atoms with Crippen LogP contribution < -0.4 is 5.32 Å². The molecule has 0 aliphatic carbocycles. The molecule has 6 heteroatoms. The summed E-state index contributed by atoms with van der Waals surface area (Å²) in [6.07, 6.45) is 0. The fourth-order valence-electron chi connectivity index (χ4n) is 1.84. The lowest BCUT2D eigenvalue weighted by molar-refractivity contribution is 0.447. The molecule has 0 aliphatic heterocycles. The van der Waals surface area contributed by atoms with Crippen LogP contribution in [0, 0.1) is 23.3 Å². The summed E-state index contributed by atoms with van der Waals surface area (Å²) in [7, 11) is 0. The average Bonchev–Trinajstić information content (AvgIpc) is 2.38. The number of rotatable bonds is 3. The Morgan fingerprint density at radius 2 is 1.60 bits per heavy atom. The molecule has 0 aliphatic rings. The van der Waals surface area contributed by atoms with E-state index >= 15 is 0 Å². The van der Waals surface area contributed by atoms with Gasteiger partial charge < -0.3 is 10.4 Å². The predicted molar refractivity (Wildman–Crippen MR) is 66.4 cm³/mol. The molecule has 0 amide bonds. The van der Waals surface area contributed by atoms with Gasteiger partial charge in [0.2, 0.25) is 0 Å². The zero-order valence-corrected chi connectivity index (χ0v) is 10.4. The van der Waals surface area contributed by atoms with Crippen LogP contribution in [0.15, 0.2) is 30.3 Å². The Morgan fingerprint density at radius 3 is 2.20 bits per heavy atom. The third kappa shape index (κ3) is 2.84. The van der Waals surface area contributed by atoms with Gasteiger partial charge in [0.1, 0.15) is 11.6 Å². The number of hydrogen-bond acceptors (Lipinski definition) is 2. The molecule has 106 valence electrons. The average molecular weight is 285 g/mol. The van der Waals surface area contributed by atoms with E-state index in [1.165, 1.54) is 6.07 Å². The first-order valence-corrected chi connectivity index (χ1v) is 5.78. The minimum atomic E-state index is -1.56. The molecule has 1 atom stereocenters. The topological polar surface area (TPSA) is 32.3 Å². The van der Waals surface area contributed by atoms with E-state index in [2.05, 4.69) is 5.32 Å². The van der Waals surface area contributed by atoms with Gasteiger partial charge in [0.25, 0.3) is 0 Å². The van der Waals surface area contributed by atoms with Crippen molar-refractivity contribution in [2.45, 2.75) is 13.0 Å². The fourth-order valence-corrected chi connectivity index (χ4v) is 1.84. The number of anilines is 1. The molecule has 0 saturated carbocycles. The zero-order valence-electron chi connectivity index (χ0n) is 10.4. The van der Waals surface area contributed by atoms with Gasteiger partial charge in [0.05, 0.1) is 6.04 Å². The van der Waals surface area contributed by atoms with Crippen molar-refractivity contribution >= 4 is 5.69 Å². The molecule has 0 spiro atoms. The second-order valence-corrected chi connectivity index (χ2v) is 4.32. The smallest absolute Gasteiger partial charge is 0.194 e. The van der Waals surface area contributed by atoms with E-state index in [0.717, 1.165) is 24.3 Å². The van der Waals surface area contributed by atoms with E-state index in [0.29, 0.717) is 0 Å². The molecule has 0 fully saturated rings. The molecule has 0 heterocycles. The molecular formula is C14H11F4NO. The van der Waals surface area contributed by atoms with Crippen molar-refractivity contribution in [2.24, 2.45) is 0 Å². The molecule has 1 unspecified atom stereocenters. The van der Waals surface area contributed by atoms with E-state index in [1.54, 1.807) is 6.92 Å². The summed E-state index contributed by atoms with van der Waals surface area (Å²) in [5.74, 6) is -4.93. The van der Waals surface area contributed by atoms with Crippen molar-refractivity contribution in [1.29, 1.82) is 0 Å². The van der Waals surface area contributed by atoms with E-state index < -0.39 is 29.3 Å². The lowest BCUT2D eigenvalue weighted by atomic mass is 10.1. The van der Waals surface area contributed by atoms with E-state index in [4.69, 9.17) is 0 Å². The summed E-state index contributed by atoms with van der Waals surface area (Å²) in [4.78, 5) is 0. The van der Waals surface area contributed by atoms with Crippen molar-refractivity contribution in [3.8, 4) is 5.75 Å². The fraction of sp³-hybridized carbons (Fsp3) is 0.143. The Labute approximate surface area is 112 Å². The predicted octanol–water partition coefficient (Wildman–Crippen LogP) is 4.12. The van der Waals surface area contributed by atoms with Crippen molar-refractivity contribution in [2.75, 3.05) is 5.32 Å². The Hall–Kier alpha value is -2.24. The van der Waals surface area contributed by atoms with Crippen molar-refractivity contribution < 1.29 is 22.7 Å². The van der Waals surface area contributed by atoms with Gasteiger partial charge in [0.15, 0.2) is 17.5 Å². The Bertz CT molecular complexity index is 622. The molecule has 2 nitrogen and oxygen atoms in total. The number of phenols is 1. The highest BCUT2D eigenvalue weighted by Crippen LogP contribution is 2.28. The summed E-state index contributed by atoms with van der Waals surface area (Å²) in [5, 5.41) is 12.3. The van der Waals surface area contributed by atoms with Gasteiger partial charge in [-0.15, -0.1) is 0 Å². The van der Waals surface area contributed by atoms with E-state index in [1.807, 2.05) is 0 Å². The largest absolute Gasteiger partial charge is 0.508 e. The van der Waals surface area contributed by atoms with Gasteiger partial charge in [0, 0.05) is 23.4 Å². The Balaban J connectivity index is 2.27. The molecule has 0 saturated heterocycles. The first kappa shape index (κ1) is 14.2. The standard InChI is InChI=1S/C14H11F4NO/c1-7(10-4-8(15)2-3-13(10)20)19-9-5-11(16)14(18)12(17)6-9/h2-7,19-20H,1H3. The second kappa shape index (κ2) is 5.40. The Morgan fingerprint density at radius 1 is 1.00 bits per heavy atom. The lowest BCUT2D eigenvalue weighted by Crippen LogP contribution is -2.08. The van der Waals surface area contributed by atoms with Crippen LogP contribution in [0.5, 0.6) is 5.75 Å². The van der Waals surface area contributed by atoms with Crippen molar-refractivity contribution in [1.82, 2.24) is 0 Å². The molecular weight excluding hydrogens is 274 g/mol. The molecule has 2 rings (SSSR count). The normalized spacial score (nSPS) is 12.2. The number of phenolic OH excluding ortho intramolecular Hbond substituents is 1. The molecule has 0 radical (unpaired) electrons. The van der Waals surface area contributed by atoms with Crippen LogP contribution in [0.25, 0.3) is 0 Å². The number of halogens is 4. The molecule has 2 aromatic rings. The summed E-state index contributed by atoms with van der Waals surface area (Å²) >= 11 is 0. The minimum Gasteiger partial charge on any atom is -0.508 e. The quantitative estimate of drug-likeness (QED) is 0.656. The third-order valence-corrected chi connectivity index (χ3v) is 2.82. The molecule has 2 N–H and O–H groups in total. The molecule has 0 bridgehead atoms. The first-order chi connectivity index (χ1) is 9.38. The highest BCUT2D eigenvalue weighted by Gasteiger charge is 2.15. The maximum atomic E-state index is 13.1. The van der Waals surface area contributed by atoms with E-state index in [-0.39, 0.29) is 17.0 Å². The van der Waals surface area contributed by atoms with Crippen LogP contribution in [0.2, 0.25) is 0 Å². The number of nitrogens with one attached hydrogen (secondary N) is 1.